The van der Waals surface area contributed by atoms with Crippen LogP contribution >= 0.6 is 0 Å². The Morgan fingerprint density at radius 1 is 0.914 bits per heavy atom. The third kappa shape index (κ3) is 7.09. The smallest absolute Gasteiger partial charge is 0.317 e. The number of carbonyl (C=O) groups excluding carboxylic acids is 2. The van der Waals surface area contributed by atoms with Gasteiger partial charge in [-0.3, -0.25) is 4.79 Å². The van der Waals surface area contributed by atoms with Crippen molar-refractivity contribution < 1.29 is 19.1 Å². The lowest BCUT2D eigenvalue weighted by atomic mass is 9.94. The van der Waals surface area contributed by atoms with Gasteiger partial charge in [0.2, 0.25) is 0 Å². The Balaban J connectivity index is 1.87. The first-order valence-electron chi connectivity index (χ1n) is 11.9. The molecule has 6 heteroatoms. The minimum atomic E-state index is -0.264. The molecule has 6 nitrogen and oxygen atoms in total. The number of urea groups is 1. The number of ether oxygens (including phenoxy) is 2. The molecule has 0 unspecified atom stereocenters. The molecule has 0 atom stereocenters. The number of nitrogens with zero attached hydrogens (tertiary/aromatic N) is 1. The number of amides is 2. The second kappa shape index (κ2) is 12.6. The lowest BCUT2D eigenvalue weighted by Gasteiger charge is -2.24. The van der Waals surface area contributed by atoms with Crippen molar-refractivity contribution in [1.82, 2.24) is 10.2 Å². The first-order chi connectivity index (χ1) is 16.9. The summed E-state index contributed by atoms with van der Waals surface area (Å²) in [5, 5.41) is 3.02. The molecule has 35 heavy (non-hydrogen) atoms. The number of aryl methyl sites for hydroxylation is 1. The van der Waals surface area contributed by atoms with Crippen molar-refractivity contribution in [3.05, 3.63) is 89.0 Å². The van der Waals surface area contributed by atoms with Crippen molar-refractivity contribution >= 4 is 12.0 Å². The van der Waals surface area contributed by atoms with Crippen LogP contribution in [0.4, 0.5) is 4.79 Å². The van der Waals surface area contributed by atoms with Crippen molar-refractivity contribution in [1.29, 1.82) is 0 Å². The largest absolute Gasteiger partial charge is 0.496 e. The Hall–Kier alpha value is -3.80. The van der Waals surface area contributed by atoms with E-state index in [1.807, 2.05) is 74.5 Å². The molecule has 3 rings (SSSR count). The highest BCUT2D eigenvalue weighted by atomic mass is 16.5. The number of hydrogen-bond donors (Lipinski definition) is 1. The first kappa shape index (κ1) is 25.8. The second-order valence-electron chi connectivity index (χ2n) is 8.34. The van der Waals surface area contributed by atoms with Crippen molar-refractivity contribution in [2.45, 2.75) is 40.3 Å². The van der Waals surface area contributed by atoms with Crippen LogP contribution in [0.1, 0.15) is 36.1 Å². The summed E-state index contributed by atoms with van der Waals surface area (Å²) in [4.78, 5) is 26.8. The van der Waals surface area contributed by atoms with Crippen LogP contribution in [0.3, 0.4) is 0 Å². The normalized spacial score (nSPS) is 10.5. The van der Waals surface area contributed by atoms with Crippen LogP contribution in [0, 0.1) is 6.92 Å². The summed E-state index contributed by atoms with van der Waals surface area (Å²) in [7, 11) is 1.63. The highest BCUT2D eigenvalue weighted by Gasteiger charge is 2.18. The number of methoxy groups -OCH3 is 1. The lowest BCUT2D eigenvalue weighted by molar-refractivity contribution is -0.142. The maximum absolute atomic E-state index is 13.0. The van der Waals surface area contributed by atoms with E-state index in [1.165, 1.54) is 0 Å². The molecular formula is C29H34N2O4. The van der Waals surface area contributed by atoms with Gasteiger partial charge >= 0.3 is 12.0 Å². The molecule has 0 aromatic heterocycles. The molecule has 1 N–H and O–H groups in total. The Bertz CT molecular complexity index is 1140. The first-order valence-corrected chi connectivity index (χ1v) is 11.9. The maximum atomic E-state index is 13.0. The summed E-state index contributed by atoms with van der Waals surface area (Å²) in [6.07, 6.45) is 0.189. The fourth-order valence-electron chi connectivity index (χ4n) is 3.99. The Morgan fingerprint density at radius 3 is 2.37 bits per heavy atom. The van der Waals surface area contributed by atoms with E-state index in [9.17, 15) is 9.59 Å². The molecule has 2 amide bonds. The van der Waals surface area contributed by atoms with E-state index in [4.69, 9.17) is 9.47 Å². The molecular weight excluding hydrogens is 440 g/mol. The van der Waals surface area contributed by atoms with Crippen molar-refractivity contribution in [2.75, 3.05) is 20.3 Å². The van der Waals surface area contributed by atoms with Gasteiger partial charge in [0.15, 0.2) is 0 Å². The molecule has 3 aromatic rings. The summed E-state index contributed by atoms with van der Waals surface area (Å²) >= 11 is 0. The van der Waals surface area contributed by atoms with E-state index < -0.39 is 0 Å². The summed E-state index contributed by atoms with van der Waals surface area (Å²) in [6, 6.07) is 21.6. The summed E-state index contributed by atoms with van der Waals surface area (Å²) < 4.78 is 10.8. The van der Waals surface area contributed by atoms with Gasteiger partial charge in [-0.1, -0.05) is 60.2 Å². The molecule has 0 radical (unpaired) electrons. The minimum absolute atomic E-state index is 0.119. The maximum Gasteiger partial charge on any atom is 0.317 e. The number of nitrogens with one attached hydrogen (secondary N) is 1. The van der Waals surface area contributed by atoms with E-state index in [0.717, 1.165) is 33.4 Å². The summed E-state index contributed by atoms with van der Waals surface area (Å²) in [5.41, 5.74) is 5.85. The average molecular weight is 475 g/mol. The van der Waals surface area contributed by atoms with Crippen molar-refractivity contribution in [3.8, 4) is 16.9 Å². The summed E-state index contributed by atoms with van der Waals surface area (Å²) in [6.45, 7) is 7.63. The van der Waals surface area contributed by atoms with Crippen molar-refractivity contribution in [2.24, 2.45) is 0 Å². The van der Waals surface area contributed by atoms with Gasteiger partial charge < -0.3 is 19.7 Å². The second-order valence-corrected chi connectivity index (χ2v) is 8.34. The van der Waals surface area contributed by atoms with E-state index in [2.05, 4.69) is 11.4 Å². The molecule has 0 heterocycles. The van der Waals surface area contributed by atoms with Gasteiger partial charge in [-0.15, -0.1) is 0 Å². The number of benzene rings is 3. The number of esters is 1. The van der Waals surface area contributed by atoms with Crippen LogP contribution in [0.5, 0.6) is 5.75 Å². The third-order valence-electron chi connectivity index (χ3n) is 5.79. The van der Waals surface area contributed by atoms with Crippen LogP contribution in [-0.4, -0.2) is 37.2 Å². The van der Waals surface area contributed by atoms with Gasteiger partial charge in [0, 0.05) is 25.2 Å². The van der Waals surface area contributed by atoms with E-state index in [-0.39, 0.29) is 18.4 Å². The molecule has 184 valence electrons. The van der Waals surface area contributed by atoms with Crippen molar-refractivity contribution in [3.63, 3.8) is 0 Å². The van der Waals surface area contributed by atoms with Crippen LogP contribution < -0.4 is 10.1 Å². The van der Waals surface area contributed by atoms with Crippen LogP contribution in [-0.2, 0) is 29.0 Å². The molecule has 0 spiro atoms. The lowest BCUT2D eigenvalue weighted by Crippen LogP contribution is -2.39. The zero-order valence-corrected chi connectivity index (χ0v) is 21.0. The SMILES string of the molecule is CCOC(=O)Cc1ccc(OC)c(-c2ccc(C)cc2CN(CC)C(=O)NCc2ccccc2)c1. The van der Waals surface area contributed by atoms with Crippen LogP contribution in [0.25, 0.3) is 11.1 Å². The predicted molar refractivity (Wildman–Crippen MR) is 138 cm³/mol. The fraction of sp³-hybridized carbons (Fsp3) is 0.310. The van der Waals surface area contributed by atoms with E-state index in [0.29, 0.717) is 32.0 Å². The number of carbonyl (C=O) groups is 2. The van der Waals surface area contributed by atoms with E-state index >= 15 is 0 Å². The highest BCUT2D eigenvalue weighted by Crippen LogP contribution is 2.34. The third-order valence-corrected chi connectivity index (χ3v) is 5.79. The standard InChI is InChI=1S/C29H34N2O4/c1-5-31(29(33)30-19-22-10-8-7-9-11-22)20-24-16-21(3)12-14-25(24)26-17-23(13-15-27(26)34-4)18-28(32)35-6-2/h7-17H,5-6,18-20H2,1-4H3,(H,30,33). The molecule has 0 aliphatic heterocycles. The van der Waals surface area contributed by atoms with Crippen LogP contribution in [0.2, 0.25) is 0 Å². The number of rotatable bonds is 10. The van der Waals surface area contributed by atoms with E-state index in [1.54, 1.807) is 18.9 Å². The van der Waals surface area contributed by atoms with Gasteiger partial charge in [0.1, 0.15) is 5.75 Å². The summed E-state index contributed by atoms with van der Waals surface area (Å²) in [5.74, 6) is 0.444. The zero-order valence-electron chi connectivity index (χ0n) is 21.0. The van der Waals surface area contributed by atoms with Gasteiger partial charge in [0.05, 0.1) is 20.1 Å². The molecule has 0 saturated carbocycles. The van der Waals surface area contributed by atoms with Gasteiger partial charge in [0.25, 0.3) is 0 Å². The monoisotopic (exact) mass is 474 g/mol. The van der Waals surface area contributed by atoms with Gasteiger partial charge in [-0.25, -0.2) is 4.79 Å². The minimum Gasteiger partial charge on any atom is -0.496 e. The number of hydrogen-bond acceptors (Lipinski definition) is 4. The highest BCUT2D eigenvalue weighted by molar-refractivity contribution is 5.79. The molecule has 0 aliphatic rings. The average Bonchev–Trinajstić information content (AvgIpc) is 2.86. The Kier molecular flexibility index (Phi) is 9.30. The molecule has 0 fully saturated rings. The Labute approximate surface area is 207 Å². The van der Waals surface area contributed by atoms with Gasteiger partial charge in [-0.05, 0) is 55.2 Å². The predicted octanol–water partition coefficient (Wildman–Crippen LogP) is 5.51. The van der Waals surface area contributed by atoms with Crippen LogP contribution in [0.15, 0.2) is 66.7 Å². The molecule has 0 bridgehead atoms. The fourth-order valence-corrected chi connectivity index (χ4v) is 3.99. The Morgan fingerprint density at radius 2 is 1.69 bits per heavy atom. The zero-order chi connectivity index (χ0) is 25.2. The topological polar surface area (TPSA) is 67.9 Å². The van der Waals surface area contributed by atoms with Gasteiger partial charge in [-0.2, -0.15) is 0 Å². The molecule has 0 saturated heterocycles. The molecule has 0 aliphatic carbocycles. The quantitative estimate of drug-likeness (QED) is 0.394. The molecule has 3 aromatic carbocycles.